The minimum Gasteiger partial charge on any atom is -0.383 e. The number of anilines is 1. The number of nitrogens with zero attached hydrogens (tertiary/aromatic N) is 4. The molecule has 114 valence electrons. The molecule has 3 rings (SSSR count). The van der Waals surface area contributed by atoms with Crippen LogP contribution in [0.15, 0.2) is 41.3 Å². The van der Waals surface area contributed by atoms with Crippen LogP contribution in [-0.2, 0) is 4.74 Å². The number of fused-ring (bicyclic) bond motifs is 1. The van der Waals surface area contributed by atoms with E-state index < -0.39 is 0 Å². The highest BCUT2D eigenvalue weighted by atomic mass is 16.5. The lowest BCUT2D eigenvalue weighted by atomic mass is 10.3. The third-order valence-electron chi connectivity index (χ3n) is 3.42. The zero-order valence-corrected chi connectivity index (χ0v) is 12.5. The number of benzene rings is 1. The van der Waals surface area contributed by atoms with Crippen molar-refractivity contribution in [2.45, 2.75) is 0 Å². The first-order chi connectivity index (χ1) is 10.7. The molecule has 0 aliphatic carbocycles. The predicted molar refractivity (Wildman–Crippen MR) is 84.6 cm³/mol. The van der Waals surface area contributed by atoms with Crippen LogP contribution in [0, 0.1) is 0 Å². The maximum atomic E-state index is 12.2. The molecule has 0 saturated heterocycles. The van der Waals surface area contributed by atoms with E-state index in [1.165, 1.54) is 6.20 Å². The molecule has 7 nitrogen and oxygen atoms in total. The monoisotopic (exact) mass is 299 g/mol. The molecule has 0 unspecified atom stereocenters. The van der Waals surface area contributed by atoms with Gasteiger partial charge in [0.15, 0.2) is 5.65 Å². The lowest BCUT2D eigenvalue weighted by Gasteiger charge is -2.16. The Bertz CT molecular complexity index is 825. The van der Waals surface area contributed by atoms with Crippen molar-refractivity contribution in [1.82, 2.24) is 19.7 Å². The Balaban J connectivity index is 2.10. The molecule has 1 aromatic carbocycles. The molecule has 0 aliphatic rings. The summed E-state index contributed by atoms with van der Waals surface area (Å²) in [5.74, 6) is 0.493. The van der Waals surface area contributed by atoms with Crippen LogP contribution < -0.4 is 10.5 Å². The minimum atomic E-state index is -0.202. The average molecular weight is 299 g/mol. The fourth-order valence-corrected chi connectivity index (χ4v) is 2.18. The highest BCUT2D eigenvalue weighted by Gasteiger charge is 2.13. The predicted octanol–water partition coefficient (Wildman–Crippen LogP) is 1.19. The third-order valence-corrected chi connectivity index (χ3v) is 3.42. The summed E-state index contributed by atoms with van der Waals surface area (Å²) in [5.41, 5.74) is 1.20. The molecule has 0 aliphatic heterocycles. The van der Waals surface area contributed by atoms with Crippen molar-refractivity contribution in [3.8, 4) is 5.69 Å². The number of aromatic nitrogens is 4. The Morgan fingerprint density at radius 3 is 2.82 bits per heavy atom. The van der Waals surface area contributed by atoms with E-state index in [1.54, 1.807) is 11.8 Å². The Morgan fingerprint density at radius 1 is 1.32 bits per heavy atom. The summed E-state index contributed by atoms with van der Waals surface area (Å²) >= 11 is 0. The highest BCUT2D eigenvalue weighted by Crippen LogP contribution is 2.15. The summed E-state index contributed by atoms with van der Waals surface area (Å²) < 4.78 is 6.72. The number of rotatable bonds is 5. The summed E-state index contributed by atoms with van der Waals surface area (Å²) in [6.45, 7) is 1.18. The molecule has 2 aromatic heterocycles. The van der Waals surface area contributed by atoms with E-state index in [0.29, 0.717) is 30.1 Å². The number of likely N-dealkylation sites (N-methyl/N-ethyl adjacent to an activating group) is 1. The SMILES string of the molecule is COCCN(C)c1nc2c(cnn2-c2ccccc2)c(=O)[nH]1. The quantitative estimate of drug-likeness (QED) is 0.766. The summed E-state index contributed by atoms with van der Waals surface area (Å²) in [6.07, 6.45) is 1.53. The van der Waals surface area contributed by atoms with Gasteiger partial charge in [-0.3, -0.25) is 9.78 Å². The molecular weight excluding hydrogens is 282 g/mol. The molecule has 2 heterocycles. The largest absolute Gasteiger partial charge is 0.383 e. The normalized spacial score (nSPS) is 11.0. The molecule has 0 spiro atoms. The molecule has 0 atom stereocenters. The average Bonchev–Trinajstić information content (AvgIpc) is 2.98. The summed E-state index contributed by atoms with van der Waals surface area (Å²) in [6, 6.07) is 9.61. The van der Waals surface area contributed by atoms with Gasteiger partial charge in [0.05, 0.1) is 18.5 Å². The van der Waals surface area contributed by atoms with Gasteiger partial charge in [0.25, 0.3) is 5.56 Å². The molecule has 22 heavy (non-hydrogen) atoms. The van der Waals surface area contributed by atoms with Gasteiger partial charge in [-0.05, 0) is 12.1 Å². The van der Waals surface area contributed by atoms with Crippen molar-refractivity contribution in [3.63, 3.8) is 0 Å². The molecule has 3 aromatic rings. The first-order valence-electron chi connectivity index (χ1n) is 6.94. The van der Waals surface area contributed by atoms with Crippen LogP contribution in [0.2, 0.25) is 0 Å². The molecule has 7 heteroatoms. The van der Waals surface area contributed by atoms with E-state index in [9.17, 15) is 4.79 Å². The molecule has 0 saturated carbocycles. The van der Waals surface area contributed by atoms with Gasteiger partial charge in [-0.25, -0.2) is 4.68 Å². The van der Waals surface area contributed by atoms with Gasteiger partial charge in [0, 0.05) is 20.7 Å². The van der Waals surface area contributed by atoms with Crippen LogP contribution in [0.5, 0.6) is 0 Å². The van der Waals surface area contributed by atoms with Crippen LogP contribution in [0.4, 0.5) is 5.95 Å². The van der Waals surface area contributed by atoms with E-state index in [1.807, 2.05) is 42.3 Å². The van der Waals surface area contributed by atoms with E-state index >= 15 is 0 Å². The minimum absolute atomic E-state index is 0.202. The first kappa shape index (κ1) is 14.3. The fraction of sp³-hybridized carbons (Fsp3) is 0.267. The van der Waals surface area contributed by atoms with Crippen molar-refractivity contribution in [1.29, 1.82) is 0 Å². The smallest absolute Gasteiger partial charge is 0.263 e. The zero-order valence-electron chi connectivity index (χ0n) is 12.5. The van der Waals surface area contributed by atoms with Gasteiger partial charge >= 0.3 is 0 Å². The van der Waals surface area contributed by atoms with E-state index in [-0.39, 0.29) is 5.56 Å². The second-order valence-electron chi connectivity index (χ2n) is 4.93. The van der Waals surface area contributed by atoms with Gasteiger partial charge in [-0.2, -0.15) is 10.1 Å². The van der Waals surface area contributed by atoms with Gasteiger partial charge in [0.1, 0.15) is 5.39 Å². The maximum absolute atomic E-state index is 12.2. The molecule has 0 bridgehead atoms. The van der Waals surface area contributed by atoms with Crippen molar-refractivity contribution >= 4 is 17.0 Å². The van der Waals surface area contributed by atoms with Crippen LogP contribution >= 0.6 is 0 Å². The van der Waals surface area contributed by atoms with E-state index in [4.69, 9.17) is 4.74 Å². The number of methoxy groups -OCH3 is 1. The molecule has 0 radical (unpaired) electrons. The van der Waals surface area contributed by atoms with Crippen LogP contribution in [0.1, 0.15) is 0 Å². The number of hydrogen-bond acceptors (Lipinski definition) is 5. The van der Waals surface area contributed by atoms with Crippen molar-refractivity contribution < 1.29 is 4.74 Å². The Hall–Kier alpha value is -2.67. The topological polar surface area (TPSA) is 76.0 Å². The number of hydrogen-bond donors (Lipinski definition) is 1. The Morgan fingerprint density at radius 2 is 2.09 bits per heavy atom. The second-order valence-corrected chi connectivity index (χ2v) is 4.93. The van der Waals surface area contributed by atoms with Crippen LogP contribution in [0.3, 0.4) is 0 Å². The highest BCUT2D eigenvalue weighted by molar-refractivity contribution is 5.76. The summed E-state index contributed by atoms with van der Waals surface area (Å²) in [4.78, 5) is 21.4. The number of ether oxygens (including phenoxy) is 1. The lowest BCUT2D eigenvalue weighted by Crippen LogP contribution is -2.26. The number of para-hydroxylation sites is 1. The standard InChI is InChI=1S/C15H17N5O2/c1-19(8-9-22-2)15-17-13-12(14(21)18-15)10-16-20(13)11-6-4-3-5-7-11/h3-7,10H,8-9H2,1-2H3,(H,17,18,21). The van der Waals surface area contributed by atoms with Gasteiger partial charge in [-0.1, -0.05) is 18.2 Å². The van der Waals surface area contributed by atoms with Crippen LogP contribution in [-0.4, -0.2) is 47.1 Å². The molecular formula is C15H17N5O2. The Kier molecular flexibility index (Phi) is 3.88. The Labute approximate surface area is 127 Å². The zero-order chi connectivity index (χ0) is 15.5. The lowest BCUT2D eigenvalue weighted by molar-refractivity contribution is 0.206. The number of nitrogens with one attached hydrogen (secondary N) is 1. The third kappa shape index (κ3) is 2.58. The number of H-pyrrole nitrogens is 1. The number of aromatic amines is 1. The second kappa shape index (κ2) is 5.98. The van der Waals surface area contributed by atoms with Gasteiger partial charge in [-0.15, -0.1) is 0 Å². The van der Waals surface area contributed by atoms with Crippen LogP contribution in [0.25, 0.3) is 16.7 Å². The van der Waals surface area contributed by atoms with Crippen molar-refractivity contribution in [2.24, 2.45) is 0 Å². The summed E-state index contributed by atoms with van der Waals surface area (Å²) in [7, 11) is 3.49. The molecule has 1 N–H and O–H groups in total. The van der Waals surface area contributed by atoms with E-state index in [0.717, 1.165) is 5.69 Å². The summed E-state index contributed by atoms with van der Waals surface area (Å²) in [5, 5.41) is 4.75. The molecule has 0 amide bonds. The van der Waals surface area contributed by atoms with Gasteiger partial charge in [0.2, 0.25) is 5.95 Å². The van der Waals surface area contributed by atoms with Gasteiger partial charge < -0.3 is 9.64 Å². The van der Waals surface area contributed by atoms with Crippen molar-refractivity contribution in [2.75, 3.05) is 32.2 Å². The van der Waals surface area contributed by atoms with Crippen molar-refractivity contribution in [3.05, 3.63) is 46.9 Å². The van der Waals surface area contributed by atoms with E-state index in [2.05, 4.69) is 15.1 Å². The maximum Gasteiger partial charge on any atom is 0.263 e. The fourth-order valence-electron chi connectivity index (χ4n) is 2.18. The first-order valence-corrected chi connectivity index (χ1v) is 6.94. The molecule has 0 fully saturated rings.